The normalized spacial score (nSPS) is 12.6. The third-order valence-corrected chi connectivity index (χ3v) is 4.39. The minimum atomic E-state index is 0.506. The second-order valence-corrected chi connectivity index (χ2v) is 6.04. The van der Waals surface area contributed by atoms with Crippen LogP contribution in [-0.2, 0) is 12.8 Å². The summed E-state index contributed by atoms with van der Waals surface area (Å²) < 4.78 is 0. The molecule has 1 aromatic heterocycles. The van der Waals surface area contributed by atoms with Gasteiger partial charge in [0.2, 0.25) is 0 Å². The predicted molar refractivity (Wildman–Crippen MR) is 82.9 cm³/mol. The summed E-state index contributed by atoms with van der Waals surface area (Å²) in [7, 11) is 2.04. The lowest BCUT2D eigenvalue weighted by atomic mass is 10.0. The van der Waals surface area contributed by atoms with Crippen molar-refractivity contribution in [1.29, 1.82) is 0 Å². The van der Waals surface area contributed by atoms with Gasteiger partial charge in [0.15, 0.2) is 0 Å². The topological polar surface area (TPSA) is 24.9 Å². The lowest BCUT2D eigenvalue weighted by Gasteiger charge is -2.14. The molecule has 2 aromatic rings. The number of benzene rings is 1. The highest BCUT2D eigenvalue weighted by Crippen LogP contribution is 2.14. The molecule has 19 heavy (non-hydrogen) atoms. The molecule has 3 heteroatoms. The van der Waals surface area contributed by atoms with Crippen molar-refractivity contribution in [3.8, 4) is 0 Å². The Morgan fingerprint density at radius 2 is 1.95 bits per heavy atom. The van der Waals surface area contributed by atoms with E-state index in [1.165, 1.54) is 16.1 Å². The van der Waals surface area contributed by atoms with Crippen LogP contribution in [0.2, 0.25) is 0 Å². The minimum absolute atomic E-state index is 0.506. The van der Waals surface area contributed by atoms with Gasteiger partial charge in [-0.05, 0) is 39.3 Å². The first-order chi connectivity index (χ1) is 9.17. The highest BCUT2D eigenvalue weighted by Gasteiger charge is 2.10. The number of nitrogens with zero attached hydrogens (tertiary/aromatic N) is 1. The maximum Gasteiger partial charge on any atom is 0.0943 e. The second-order valence-electron chi connectivity index (χ2n) is 5.10. The molecule has 102 valence electrons. The Labute approximate surface area is 119 Å². The van der Waals surface area contributed by atoms with E-state index >= 15 is 0 Å². The van der Waals surface area contributed by atoms with Crippen molar-refractivity contribution in [3.05, 3.63) is 51.5 Å². The van der Waals surface area contributed by atoms with Gasteiger partial charge in [0, 0.05) is 23.5 Å². The summed E-state index contributed by atoms with van der Waals surface area (Å²) in [6.45, 7) is 4.19. The first-order valence-electron chi connectivity index (χ1n) is 6.81. The van der Waals surface area contributed by atoms with Crippen LogP contribution in [0.25, 0.3) is 0 Å². The van der Waals surface area contributed by atoms with Gasteiger partial charge in [-0.2, -0.15) is 0 Å². The van der Waals surface area contributed by atoms with Crippen LogP contribution >= 0.6 is 11.3 Å². The van der Waals surface area contributed by atoms with E-state index in [1.54, 1.807) is 11.3 Å². The van der Waals surface area contributed by atoms with Crippen molar-refractivity contribution in [3.63, 3.8) is 0 Å². The first kappa shape index (κ1) is 14.2. The summed E-state index contributed by atoms with van der Waals surface area (Å²) in [5, 5.41) is 6.77. The lowest BCUT2D eigenvalue weighted by Crippen LogP contribution is -2.28. The van der Waals surface area contributed by atoms with Crippen molar-refractivity contribution in [2.75, 3.05) is 7.05 Å². The summed E-state index contributed by atoms with van der Waals surface area (Å²) in [6.07, 6.45) is 3.30. The second kappa shape index (κ2) is 6.83. The van der Waals surface area contributed by atoms with Crippen LogP contribution in [0.1, 0.15) is 28.2 Å². The molecule has 0 radical (unpaired) electrons. The molecule has 0 saturated heterocycles. The molecule has 0 aliphatic heterocycles. The number of nitrogens with one attached hydrogen (secondary N) is 1. The van der Waals surface area contributed by atoms with Crippen LogP contribution in [0.3, 0.4) is 0 Å². The Hall–Kier alpha value is -1.19. The number of hydrogen-bond donors (Lipinski definition) is 1. The molecule has 1 unspecified atom stereocenters. The van der Waals surface area contributed by atoms with E-state index in [2.05, 4.69) is 53.8 Å². The van der Waals surface area contributed by atoms with E-state index in [9.17, 15) is 0 Å². The average Bonchev–Trinajstić information content (AvgIpc) is 2.82. The van der Waals surface area contributed by atoms with E-state index in [0.29, 0.717) is 6.04 Å². The average molecular weight is 274 g/mol. The zero-order chi connectivity index (χ0) is 13.7. The molecule has 0 fully saturated rings. The van der Waals surface area contributed by atoms with E-state index in [4.69, 9.17) is 0 Å². The molecule has 1 heterocycles. The van der Waals surface area contributed by atoms with Gasteiger partial charge >= 0.3 is 0 Å². The third-order valence-electron chi connectivity index (χ3n) is 3.40. The molecule has 2 nitrogen and oxygen atoms in total. The fraction of sp³-hybridized carbons (Fsp3) is 0.438. The zero-order valence-corrected chi connectivity index (χ0v) is 12.8. The van der Waals surface area contributed by atoms with Gasteiger partial charge in [-0.15, -0.1) is 11.3 Å². The fourth-order valence-electron chi connectivity index (χ4n) is 2.15. The highest BCUT2D eigenvalue weighted by atomic mass is 32.1. The summed E-state index contributed by atoms with van der Waals surface area (Å²) in [5.41, 5.74) is 3.88. The molecule has 0 aliphatic rings. The van der Waals surface area contributed by atoms with E-state index in [-0.39, 0.29) is 0 Å². The smallest absolute Gasteiger partial charge is 0.0943 e. The minimum Gasteiger partial charge on any atom is -0.317 e. The quantitative estimate of drug-likeness (QED) is 0.871. The Kier molecular flexibility index (Phi) is 5.11. The van der Waals surface area contributed by atoms with Crippen LogP contribution in [-0.4, -0.2) is 18.1 Å². The van der Waals surface area contributed by atoms with Crippen molar-refractivity contribution < 1.29 is 0 Å². The molecular formula is C16H22N2S. The van der Waals surface area contributed by atoms with Gasteiger partial charge in [0.25, 0.3) is 0 Å². The van der Waals surface area contributed by atoms with Crippen molar-refractivity contribution in [2.45, 2.75) is 39.2 Å². The third kappa shape index (κ3) is 4.44. The summed E-state index contributed by atoms with van der Waals surface area (Å²) in [4.78, 5) is 4.54. The van der Waals surface area contributed by atoms with Crippen LogP contribution < -0.4 is 5.32 Å². The molecule has 1 atom stereocenters. The monoisotopic (exact) mass is 274 g/mol. The molecule has 1 N–H and O–H groups in total. The molecule has 0 amide bonds. The van der Waals surface area contributed by atoms with Crippen molar-refractivity contribution in [2.24, 2.45) is 0 Å². The Bertz CT molecular complexity index is 502. The number of aryl methyl sites for hydroxylation is 3. The number of aromatic nitrogens is 1. The fourth-order valence-corrected chi connectivity index (χ4v) is 3.00. The largest absolute Gasteiger partial charge is 0.317 e. The van der Waals surface area contributed by atoms with Gasteiger partial charge in [-0.1, -0.05) is 29.8 Å². The molecule has 2 rings (SSSR count). The van der Waals surface area contributed by atoms with Gasteiger partial charge in [0.05, 0.1) is 5.01 Å². The molecule has 0 bridgehead atoms. The highest BCUT2D eigenvalue weighted by molar-refractivity contribution is 7.09. The SMILES string of the molecule is CNC(CCc1ccc(C)cc1)Cc1nc(C)cs1. The van der Waals surface area contributed by atoms with E-state index in [1.807, 2.05) is 7.05 Å². The Morgan fingerprint density at radius 1 is 1.21 bits per heavy atom. The van der Waals surface area contributed by atoms with Gasteiger partial charge < -0.3 is 5.32 Å². The molecule has 0 aliphatic carbocycles. The summed E-state index contributed by atoms with van der Waals surface area (Å²) >= 11 is 1.77. The van der Waals surface area contributed by atoms with Crippen LogP contribution in [0.15, 0.2) is 29.6 Å². The predicted octanol–water partition coefficient (Wildman–Crippen LogP) is 3.52. The molecule has 0 saturated carbocycles. The Balaban J connectivity index is 1.87. The standard InChI is InChI=1S/C16H22N2S/c1-12-4-6-14(7-5-12)8-9-15(17-3)10-16-18-13(2)11-19-16/h4-7,11,15,17H,8-10H2,1-3H3. The Morgan fingerprint density at radius 3 is 2.53 bits per heavy atom. The maximum absolute atomic E-state index is 4.54. The van der Waals surface area contributed by atoms with Crippen LogP contribution in [0.5, 0.6) is 0 Å². The van der Waals surface area contributed by atoms with Crippen LogP contribution in [0, 0.1) is 13.8 Å². The van der Waals surface area contributed by atoms with Crippen molar-refractivity contribution in [1.82, 2.24) is 10.3 Å². The number of hydrogen-bond acceptors (Lipinski definition) is 3. The van der Waals surface area contributed by atoms with E-state index in [0.717, 1.165) is 25.0 Å². The molecule has 1 aromatic carbocycles. The van der Waals surface area contributed by atoms with Gasteiger partial charge in [0.1, 0.15) is 0 Å². The number of likely N-dealkylation sites (N-methyl/N-ethyl adjacent to an activating group) is 1. The van der Waals surface area contributed by atoms with Crippen LogP contribution in [0.4, 0.5) is 0 Å². The van der Waals surface area contributed by atoms with Crippen molar-refractivity contribution >= 4 is 11.3 Å². The maximum atomic E-state index is 4.54. The number of thiazole rings is 1. The van der Waals surface area contributed by atoms with Gasteiger partial charge in [-0.25, -0.2) is 4.98 Å². The van der Waals surface area contributed by atoms with E-state index < -0.39 is 0 Å². The van der Waals surface area contributed by atoms with Gasteiger partial charge in [-0.3, -0.25) is 0 Å². The number of rotatable bonds is 6. The summed E-state index contributed by atoms with van der Waals surface area (Å²) in [6, 6.07) is 9.35. The zero-order valence-electron chi connectivity index (χ0n) is 11.9. The molecule has 0 spiro atoms. The summed E-state index contributed by atoms with van der Waals surface area (Å²) in [5.74, 6) is 0. The lowest BCUT2D eigenvalue weighted by molar-refractivity contribution is 0.519. The molecular weight excluding hydrogens is 252 g/mol. The first-order valence-corrected chi connectivity index (χ1v) is 7.69.